The first kappa shape index (κ1) is 13.9. The van der Waals surface area contributed by atoms with E-state index in [1.165, 1.54) is 0 Å². The summed E-state index contributed by atoms with van der Waals surface area (Å²) in [6, 6.07) is 10.8. The minimum absolute atomic E-state index is 0.230. The van der Waals surface area contributed by atoms with Gasteiger partial charge in [-0.15, -0.1) is 11.8 Å². The van der Waals surface area contributed by atoms with Crippen LogP contribution in [0.1, 0.15) is 11.1 Å². The van der Waals surface area contributed by atoms with Crippen molar-refractivity contribution in [1.29, 1.82) is 0 Å². The highest BCUT2D eigenvalue weighted by molar-refractivity contribution is 7.98. The summed E-state index contributed by atoms with van der Waals surface area (Å²) < 4.78 is 19.6. The average Bonchev–Trinajstić information content (AvgIpc) is 2.43. The number of nitrogens with two attached hydrogens (primary N) is 1. The van der Waals surface area contributed by atoms with E-state index in [9.17, 15) is 4.39 Å². The molecule has 0 aliphatic carbocycles. The Balaban J connectivity index is 2.41. The Hall–Kier alpha value is -1.52. The Morgan fingerprint density at radius 1 is 1.16 bits per heavy atom. The normalized spacial score (nSPS) is 10.5. The van der Waals surface area contributed by atoms with Crippen LogP contribution in [-0.2, 0) is 6.54 Å². The maximum Gasteiger partial charge on any atom is 0.168 e. The molecule has 100 valence electrons. The zero-order chi connectivity index (χ0) is 13.8. The third kappa shape index (κ3) is 2.91. The second-order valence-electron chi connectivity index (χ2n) is 4.13. The maximum atomic E-state index is 13.9. The molecule has 0 amide bonds. The molecule has 0 heterocycles. The van der Waals surface area contributed by atoms with Gasteiger partial charge in [-0.3, -0.25) is 0 Å². The van der Waals surface area contributed by atoms with E-state index in [0.29, 0.717) is 17.9 Å². The lowest BCUT2D eigenvalue weighted by atomic mass is 10.2. The summed E-state index contributed by atoms with van der Waals surface area (Å²) >= 11 is 1.60. The minimum Gasteiger partial charge on any atom is -0.454 e. The van der Waals surface area contributed by atoms with E-state index in [1.54, 1.807) is 36.9 Å². The summed E-state index contributed by atoms with van der Waals surface area (Å²) in [6.45, 7) is 2.07. The fraction of sp³-hybridized carbons (Fsp3) is 0.200. The zero-order valence-corrected chi connectivity index (χ0v) is 11.8. The monoisotopic (exact) mass is 277 g/mol. The van der Waals surface area contributed by atoms with Crippen LogP contribution in [0.5, 0.6) is 11.5 Å². The third-order valence-electron chi connectivity index (χ3n) is 2.89. The fourth-order valence-electron chi connectivity index (χ4n) is 1.85. The van der Waals surface area contributed by atoms with Gasteiger partial charge in [-0.05, 0) is 36.9 Å². The van der Waals surface area contributed by atoms with Crippen molar-refractivity contribution in [1.82, 2.24) is 0 Å². The molecule has 0 unspecified atom stereocenters. The lowest BCUT2D eigenvalue weighted by Crippen LogP contribution is -2.02. The van der Waals surface area contributed by atoms with Crippen molar-refractivity contribution >= 4 is 11.8 Å². The molecule has 0 fully saturated rings. The number of rotatable bonds is 4. The highest BCUT2D eigenvalue weighted by Crippen LogP contribution is 2.33. The molecule has 0 atom stereocenters. The maximum absolute atomic E-state index is 13.9. The van der Waals surface area contributed by atoms with Gasteiger partial charge in [0.2, 0.25) is 0 Å². The molecule has 0 bridgehead atoms. The Kier molecular flexibility index (Phi) is 4.45. The van der Waals surface area contributed by atoms with Crippen LogP contribution in [0.3, 0.4) is 0 Å². The Morgan fingerprint density at radius 2 is 1.84 bits per heavy atom. The number of aryl methyl sites for hydroxylation is 1. The smallest absolute Gasteiger partial charge is 0.168 e. The summed E-state index contributed by atoms with van der Waals surface area (Å²) in [6.07, 6.45) is 1.98. The highest BCUT2D eigenvalue weighted by atomic mass is 32.2. The number of thioether (sulfide) groups is 1. The van der Waals surface area contributed by atoms with Crippen LogP contribution in [0.15, 0.2) is 41.3 Å². The summed E-state index contributed by atoms with van der Waals surface area (Å²) in [5, 5.41) is 0. The summed E-state index contributed by atoms with van der Waals surface area (Å²) in [7, 11) is 0. The summed E-state index contributed by atoms with van der Waals surface area (Å²) in [4.78, 5) is 1.05. The van der Waals surface area contributed by atoms with E-state index in [-0.39, 0.29) is 11.6 Å². The Bertz CT molecular complexity index is 586. The van der Waals surface area contributed by atoms with Crippen molar-refractivity contribution in [2.75, 3.05) is 6.26 Å². The van der Waals surface area contributed by atoms with E-state index in [0.717, 1.165) is 10.5 Å². The molecule has 2 nitrogen and oxygen atoms in total. The first-order chi connectivity index (χ1) is 9.17. The number of ether oxygens (including phenoxy) is 1. The molecule has 2 rings (SSSR count). The molecule has 4 heteroatoms. The molecule has 0 aliphatic rings. The van der Waals surface area contributed by atoms with Crippen molar-refractivity contribution in [3.05, 3.63) is 53.3 Å². The van der Waals surface area contributed by atoms with Gasteiger partial charge in [-0.1, -0.05) is 18.2 Å². The van der Waals surface area contributed by atoms with Gasteiger partial charge in [0, 0.05) is 17.0 Å². The minimum atomic E-state index is -0.333. The van der Waals surface area contributed by atoms with E-state index in [2.05, 4.69) is 0 Å². The number of hydrogen-bond acceptors (Lipinski definition) is 3. The Morgan fingerprint density at radius 3 is 2.53 bits per heavy atom. The largest absolute Gasteiger partial charge is 0.454 e. The number of benzene rings is 2. The Labute approximate surface area is 116 Å². The van der Waals surface area contributed by atoms with E-state index >= 15 is 0 Å². The van der Waals surface area contributed by atoms with Crippen LogP contribution in [0.4, 0.5) is 4.39 Å². The number of hydrogen-bond donors (Lipinski definition) is 1. The van der Waals surface area contributed by atoms with Crippen LogP contribution in [-0.4, -0.2) is 6.26 Å². The lowest BCUT2D eigenvalue weighted by Gasteiger charge is -2.14. The van der Waals surface area contributed by atoms with Gasteiger partial charge in [-0.2, -0.15) is 0 Å². The molecule has 19 heavy (non-hydrogen) atoms. The van der Waals surface area contributed by atoms with Gasteiger partial charge in [0.25, 0.3) is 0 Å². The van der Waals surface area contributed by atoms with Gasteiger partial charge in [0.15, 0.2) is 11.6 Å². The summed E-state index contributed by atoms with van der Waals surface area (Å²) in [5.41, 5.74) is 7.22. The molecular weight excluding hydrogens is 261 g/mol. The van der Waals surface area contributed by atoms with Crippen LogP contribution in [0.2, 0.25) is 0 Å². The van der Waals surface area contributed by atoms with Crippen molar-refractivity contribution in [2.45, 2.75) is 18.4 Å². The van der Waals surface area contributed by atoms with Crippen molar-refractivity contribution < 1.29 is 9.13 Å². The van der Waals surface area contributed by atoms with Gasteiger partial charge < -0.3 is 10.5 Å². The predicted molar refractivity (Wildman–Crippen MR) is 77.3 cm³/mol. The van der Waals surface area contributed by atoms with E-state index in [4.69, 9.17) is 10.5 Å². The van der Waals surface area contributed by atoms with E-state index in [1.807, 2.05) is 24.5 Å². The SMILES string of the molecule is CSc1cccc(Oc2cccc(C)c2F)c1CN. The standard InChI is InChI=1S/C15H16FNOS/c1-10-5-3-7-13(15(10)16)18-12-6-4-8-14(19-2)11(12)9-17/h3-8H,9,17H2,1-2H3. The molecule has 0 aromatic heterocycles. The molecule has 0 aliphatic heterocycles. The van der Waals surface area contributed by atoms with Gasteiger partial charge in [0.1, 0.15) is 5.75 Å². The van der Waals surface area contributed by atoms with Crippen LogP contribution < -0.4 is 10.5 Å². The van der Waals surface area contributed by atoms with Crippen LogP contribution >= 0.6 is 11.8 Å². The average molecular weight is 277 g/mol. The fourth-order valence-corrected chi connectivity index (χ4v) is 2.50. The second-order valence-corrected chi connectivity index (χ2v) is 4.98. The first-order valence-electron chi connectivity index (χ1n) is 5.96. The second kappa shape index (κ2) is 6.08. The lowest BCUT2D eigenvalue weighted by molar-refractivity contribution is 0.434. The molecular formula is C15H16FNOS. The van der Waals surface area contributed by atoms with Gasteiger partial charge in [0.05, 0.1) is 0 Å². The zero-order valence-electron chi connectivity index (χ0n) is 10.9. The first-order valence-corrected chi connectivity index (χ1v) is 7.18. The quantitative estimate of drug-likeness (QED) is 0.854. The third-order valence-corrected chi connectivity index (χ3v) is 3.71. The van der Waals surface area contributed by atoms with Crippen molar-refractivity contribution in [3.63, 3.8) is 0 Å². The van der Waals surface area contributed by atoms with Crippen molar-refractivity contribution in [2.24, 2.45) is 5.73 Å². The molecule has 0 saturated heterocycles. The van der Waals surface area contributed by atoms with E-state index < -0.39 is 0 Å². The number of halogens is 1. The van der Waals surface area contributed by atoms with Crippen molar-refractivity contribution in [3.8, 4) is 11.5 Å². The molecule has 0 spiro atoms. The van der Waals surface area contributed by atoms with Gasteiger partial charge >= 0.3 is 0 Å². The molecule has 0 saturated carbocycles. The topological polar surface area (TPSA) is 35.2 Å². The molecule has 2 aromatic rings. The molecule has 0 radical (unpaired) electrons. The van der Waals surface area contributed by atoms with Crippen LogP contribution in [0, 0.1) is 12.7 Å². The summed E-state index contributed by atoms with van der Waals surface area (Å²) in [5.74, 6) is 0.506. The molecule has 2 aromatic carbocycles. The predicted octanol–water partition coefficient (Wildman–Crippen LogP) is 4.11. The molecule has 2 N–H and O–H groups in total. The van der Waals surface area contributed by atoms with Gasteiger partial charge in [-0.25, -0.2) is 4.39 Å². The highest BCUT2D eigenvalue weighted by Gasteiger charge is 2.11. The van der Waals surface area contributed by atoms with Crippen LogP contribution in [0.25, 0.3) is 0 Å².